The fraction of sp³-hybridized carbons (Fsp3) is 0.600. The molecule has 1 aromatic heterocycles. The molecule has 0 bridgehead atoms. The molecule has 94 valence electrons. The van der Waals surface area contributed by atoms with Crippen LogP contribution in [0, 0.1) is 6.92 Å². The molecule has 2 N–H and O–H groups in total. The van der Waals surface area contributed by atoms with E-state index < -0.39 is 35.9 Å². The fourth-order valence-electron chi connectivity index (χ4n) is 1.80. The first-order valence-electron chi connectivity index (χ1n) is 5.21. The fourth-order valence-corrected chi connectivity index (χ4v) is 1.80. The van der Waals surface area contributed by atoms with Crippen molar-refractivity contribution >= 4 is 0 Å². The molecule has 1 unspecified atom stereocenters. The number of aliphatic hydroxyl groups excluding tert-OH is 1. The van der Waals surface area contributed by atoms with Gasteiger partial charge in [0, 0.05) is 11.8 Å². The zero-order valence-electron chi connectivity index (χ0n) is 9.38. The number of aryl methyl sites for hydroxylation is 1. The predicted molar refractivity (Wildman–Crippen MR) is 56.5 cm³/mol. The van der Waals surface area contributed by atoms with E-state index in [1.807, 2.05) is 0 Å². The molecule has 6 nitrogen and oxygen atoms in total. The Balaban J connectivity index is 2.46. The second kappa shape index (κ2) is 4.08. The number of aromatic amines is 1. The third kappa shape index (κ3) is 1.91. The lowest BCUT2D eigenvalue weighted by molar-refractivity contribution is -0.0186. The summed E-state index contributed by atoms with van der Waals surface area (Å²) in [6.07, 6.45) is -3.66. The summed E-state index contributed by atoms with van der Waals surface area (Å²) in [4.78, 5) is 24.7. The number of hydrogen-bond donors (Lipinski definition) is 2. The van der Waals surface area contributed by atoms with Crippen LogP contribution in [0.25, 0.3) is 0 Å². The maximum atomic E-state index is 13.7. The first-order chi connectivity index (χ1) is 7.91. The molecule has 17 heavy (non-hydrogen) atoms. The Kier molecular flexibility index (Phi) is 2.88. The number of alkyl halides is 1. The zero-order valence-corrected chi connectivity index (χ0v) is 9.38. The molecule has 7 heteroatoms. The quantitative estimate of drug-likeness (QED) is 0.695. The van der Waals surface area contributed by atoms with Crippen LogP contribution in [0.15, 0.2) is 15.8 Å². The van der Waals surface area contributed by atoms with Gasteiger partial charge >= 0.3 is 5.69 Å². The number of rotatable bonds is 1. The average molecular weight is 244 g/mol. The van der Waals surface area contributed by atoms with Crippen molar-refractivity contribution in [2.75, 3.05) is 0 Å². The van der Waals surface area contributed by atoms with Crippen LogP contribution in [-0.2, 0) is 4.74 Å². The van der Waals surface area contributed by atoms with Crippen molar-refractivity contribution in [3.63, 3.8) is 0 Å². The number of ether oxygens (including phenoxy) is 1. The summed E-state index contributed by atoms with van der Waals surface area (Å²) in [6.45, 7) is 3.01. The normalized spacial score (nSPS) is 32.9. The van der Waals surface area contributed by atoms with E-state index in [4.69, 9.17) is 4.74 Å². The Morgan fingerprint density at radius 2 is 2.18 bits per heavy atom. The zero-order chi connectivity index (χ0) is 12.7. The van der Waals surface area contributed by atoms with E-state index in [0.29, 0.717) is 0 Å². The van der Waals surface area contributed by atoms with E-state index in [2.05, 4.69) is 4.98 Å². The number of nitrogens with zero attached hydrogens (tertiary/aromatic N) is 1. The van der Waals surface area contributed by atoms with Crippen LogP contribution in [0.5, 0.6) is 0 Å². The van der Waals surface area contributed by atoms with E-state index >= 15 is 0 Å². The molecule has 1 aliphatic rings. The minimum Gasteiger partial charge on any atom is -0.387 e. The van der Waals surface area contributed by atoms with E-state index in [1.54, 1.807) is 0 Å². The third-order valence-corrected chi connectivity index (χ3v) is 2.85. The van der Waals surface area contributed by atoms with Crippen LogP contribution in [0.4, 0.5) is 4.39 Å². The maximum Gasteiger partial charge on any atom is 0.330 e. The summed E-state index contributed by atoms with van der Waals surface area (Å²) in [5, 5.41) is 9.43. The van der Waals surface area contributed by atoms with Crippen molar-refractivity contribution in [1.82, 2.24) is 9.55 Å². The lowest BCUT2D eigenvalue weighted by Crippen LogP contribution is -2.36. The maximum absolute atomic E-state index is 13.7. The van der Waals surface area contributed by atoms with Gasteiger partial charge in [0.05, 0.1) is 6.10 Å². The standard InChI is InChI=1S/C10H13FN2O4/c1-4-3-13(10(16)12-8(4)15)9-6(11)7(14)5(2)17-9/h3,5-7,9,14H,1-2H3,(H,12,15,16)/t5?,6-,7+,9-/m1/s1. The van der Waals surface area contributed by atoms with Gasteiger partial charge in [-0.15, -0.1) is 0 Å². The van der Waals surface area contributed by atoms with Gasteiger partial charge in [-0.25, -0.2) is 9.18 Å². The lowest BCUT2D eigenvalue weighted by atomic mass is 10.2. The Bertz CT molecular complexity index is 538. The van der Waals surface area contributed by atoms with Gasteiger partial charge in [-0.05, 0) is 13.8 Å². The molecule has 0 spiro atoms. The number of nitrogens with one attached hydrogen (secondary N) is 1. The van der Waals surface area contributed by atoms with Gasteiger partial charge in [0.15, 0.2) is 12.4 Å². The SMILES string of the molecule is Cc1cn([C@@H]2OC(C)[C@H](O)[C@H]2F)c(=O)[nH]c1=O. The Hall–Kier alpha value is -1.47. The number of aliphatic hydroxyl groups is 1. The summed E-state index contributed by atoms with van der Waals surface area (Å²) < 4.78 is 19.8. The van der Waals surface area contributed by atoms with Crippen molar-refractivity contribution in [3.8, 4) is 0 Å². The molecule has 0 amide bonds. The first-order valence-corrected chi connectivity index (χ1v) is 5.21. The average Bonchev–Trinajstić information content (AvgIpc) is 2.51. The van der Waals surface area contributed by atoms with Crippen molar-refractivity contribution < 1.29 is 14.2 Å². The highest BCUT2D eigenvalue weighted by Crippen LogP contribution is 2.30. The van der Waals surface area contributed by atoms with Crippen molar-refractivity contribution in [1.29, 1.82) is 0 Å². The van der Waals surface area contributed by atoms with Crippen LogP contribution >= 0.6 is 0 Å². The van der Waals surface area contributed by atoms with Gasteiger partial charge in [0.1, 0.15) is 6.10 Å². The highest BCUT2D eigenvalue weighted by Gasteiger charge is 2.43. The summed E-state index contributed by atoms with van der Waals surface area (Å²) in [5.41, 5.74) is -1.00. The van der Waals surface area contributed by atoms with Crippen LogP contribution in [-0.4, -0.2) is 33.0 Å². The van der Waals surface area contributed by atoms with E-state index in [1.165, 1.54) is 20.0 Å². The molecule has 0 aromatic carbocycles. The molecule has 0 saturated carbocycles. The van der Waals surface area contributed by atoms with E-state index in [0.717, 1.165) is 4.57 Å². The third-order valence-electron chi connectivity index (χ3n) is 2.85. The molecular formula is C10H13FN2O4. The first kappa shape index (κ1) is 12.0. The molecule has 2 heterocycles. The summed E-state index contributed by atoms with van der Waals surface area (Å²) >= 11 is 0. The van der Waals surface area contributed by atoms with Gasteiger partial charge in [-0.2, -0.15) is 0 Å². The Labute approximate surface area is 95.7 Å². The molecule has 0 radical (unpaired) electrons. The molecule has 2 rings (SSSR count). The molecule has 1 fully saturated rings. The van der Waals surface area contributed by atoms with Gasteiger partial charge in [0.25, 0.3) is 5.56 Å². The molecule has 4 atom stereocenters. The number of halogens is 1. The minimum absolute atomic E-state index is 0.273. The minimum atomic E-state index is -1.70. The number of hydrogen-bond acceptors (Lipinski definition) is 4. The summed E-state index contributed by atoms with van der Waals surface area (Å²) in [6, 6.07) is 0. The summed E-state index contributed by atoms with van der Waals surface area (Å²) in [5.74, 6) is 0. The second-order valence-corrected chi connectivity index (χ2v) is 4.15. The topological polar surface area (TPSA) is 84.3 Å². The van der Waals surface area contributed by atoms with Gasteiger partial charge in [-0.1, -0.05) is 0 Å². The molecule has 1 saturated heterocycles. The molecule has 0 aliphatic carbocycles. The van der Waals surface area contributed by atoms with E-state index in [-0.39, 0.29) is 5.56 Å². The highest BCUT2D eigenvalue weighted by molar-refractivity contribution is 5.02. The largest absolute Gasteiger partial charge is 0.387 e. The molecule has 1 aliphatic heterocycles. The molecular weight excluding hydrogens is 231 g/mol. The van der Waals surface area contributed by atoms with E-state index in [9.17, 15) is 19.1 Å². The predicted octanol–water partition coefficient (Wildman–Crippen LogP) is -0.539. The van der Waals surface area contributed by atoms with Crippen LogP contribution < -0.4 is 11.2 Å². The van der Waals surface area contributed by atoms with Crippen LogP contribution in [0.2, 0.25) is 0 Å². The lowest BCUT2D eigenvalue weighted by Gasteiger charge is -2.15. The van der Waals surface area contributed by atoms with Gasteiger partial charge in [-0.3, -0.25) is 14.3 Å². The summed E-state index contributed by atoms with van der Waals surface area (Å²) in [7, 11) is 0. The number of aromatic nitrogens is 2. The second-order valence-electron chi connectivity index (χ2n) is 4.15. The highest BCUT2D eigenvalue weighted by atomic mass is 19.1. The Morgan fingerprint density at radius 3 is 2.71 bits per heavy atom. The molecule has 1 aromatic rings. The van der Waals surface area contributed by atoms with Crippen molar-refractivity contribution in [2.45, 2.75) is 38.5 Å². The Morgan fingerprint density at radius 1 is 1.53 bits per heavy atom. The van der Waals surface area contributed by atoms with Crippen molar-refractivity contribution in [3.05, 3.63) is 32.6 Å². The number of H-pyrrole nitrogens is 1. The van der Waals surface area contributed by atoms with Crippen LogP contribution in [0.1, 0.15) is 18.7 Å². The van der Waals surface area contributed by atoms with Crippen LogP contribution in [0.3, 0.4) is 0 Å². The monoisotopic (exact) mass is 244 g/mol. The van der Waals surface area contributed by atoms with Gasteiger partial charge < -0.3 is 9.84 Å². The van der Waals surface area contributed by atoms with Crippen molar-refractivity contribution in [2.24, 2.45) is 0 Å². The smallest absolute Gasteiger partial charge is 0.330 e. The van der Waals surface area contributed by atoms with Gasteiger partial charge in [0.2, 0.25) is 0 Å².